The fraction of sp³-hybridized carbons (Fsp3) is 0.533. The highest BCUT2D eigenvalue weighted by atomic mass is 32.2. The first-order valence-corrected chi connectivity index (χ1v) is 7.57. The Morgan fingerprint density at radius 2 is 2.06 bits per heavy atom. The van der Waals surface area contributed by atoms with Crippen LogP contribution < -0.4 is 0 Å². The SMILES string of the molecule is N#CC1CCC(c2ccccc2)CC1SCCO. The molecule has 0 amide bonds. The minimum Gasteiger partial charge on any atom is -0.396 e. The third-order valence-electron chi connectivity index (χ3n) is 3.65. The summed E-state index contributed by atoms with van der Waals surface area (Å²) in [6, 6.07) is 13.0. The standard InChI is InChI=1S/C15H19NOS/c16-11-14-7-6-13(10-15(14)18-9-8-17)12-4-2-1-3-5-12/h1-5,13-15,17H,6-10H2. The molecule has 3 unspecified atom stereocenters. The number of aliphatic hydroxyl groups is 1. The molecule has 1 saturated carbocycles. The van der Waals surface area contributed by atoms with Gasteiger partial charge in [0, 0.05) is 11.0 Å². The number of benzene rings is 1. The normalized spacial score (nSPS) is 27.7. The van der Waals surface area contributed by atoms with Crippen LogP contribution in [-0.2, 0) is 0 Å². The Morgan fingerprint density at radius 3 is 2.72 bits per heavy atom. The molecule has 0 aliphatic heterocycles. The van der Waals surface area contributed by atoms with Crippen LogP contribution in [0, 0.1) is 17.2 Å². The molecule has 0 saturated heterocycles. The Kier molecular flexibility index (Phi) is 5.10. The van der Waals surface area contributed by atoms with E-state index in [0.717, 1.165) is 25.0 Å². The molecule has 1 aliphatic rings. The number of nitriles is 1. The summed E-state index contributed by atoms with van der Waals surface area (Å²) in [6.07, 6.45) is 3.16. The number of rotatable bonds is 4. The third-order valence-corrected chi connectivity index (χ3v) is 5.02. The topological polar surface area (TPSA) is 44.0 Å². The molecule has 0 heterocycles. The highest BCUT2D eigenvalue weighted by molar-refractivity contribution is 7.99. The minimum atomic E-state index is 0.154. The lowest BCUT2D eigenvalue weighted by molar-refractivity contribution is 0.321. The van der Waals surface area contributed by atoms with E-state index in [4.69, 9.17) is 5.11 Å². The number of aliphatic hydroxyl groups excluding tert-OH is 1. The summed E-state index contributed by atoms with van der Waals surface area (Å²) >= 11 is 1.76. The van der Waals surface area contributed by atoms with Crippen molar-refractivity contribution < 1.29 is 5.11 Å². The van der Waals surface area contributed by atoms with Gasteiger partial charge in [0.15, 0.2) is 0 Å². The summed E-state index contributed by atoms with van der Waals surface area (Å²) in [7, 11) is 0. The predicted octanol–water partition coefficient (Wildman–Crippen LogP) is 3.19. The first-order chi connectivity index (χ1) is 8.85. The molecular formula is C15H19NOS. The Hall–Kier alpha value is -0.980. The maximum Gasteiger partial charge on any atom is 0.0667 e. The molecule has 1 aliphatic carbocycles. The molecule has 18 heavy (non-hydrogen) atoms. The van der Waals surface area contributed by atoms with Crippen molar-refractivity contribution in [1.82, 2.24) is 0 Å². The van der Waals surface area contributed by atoms with Crippen LogP contribution in [0.25, 0.3) is 0 Å². The summed E-state index contributed by atoms with van der Waals surface area (Å²) in [4.78, 5) is 0. The van der Waals surface area contributed by atoms with Crippen LogP contribution in [0.1, 0.15) is 30.7 Å². The molecule has 3 heteroatoms. The smallest absolute Gasteiger partial charge is 0.0667 e. The Bertz CT molecular complexity index is 401. The first kappa shape index (κ1) is 13.5. The molecule has 3 atom stereocenters. The second-order valence-corrected chi connectivity index (χ2v) is 6.14. The maximum atomic E-state index is 9.19. The average molecular weight is 261 g/mol. The van der Waals surface area contributed by atoms with E-state index >= 15 is 0 Å². The molecule has 0 spiro atoms. The van der Waals surface area contributed by atoms with Crippen LogP contribution >= 0.6 is 11.8 Å². The molecule has 1 aromatic rings. The number of hydrogen-bond donors (Lipinski definition) is 1. The van der Waals surface area contributed by atoms with E-state index in [1.54, 1.807) is 11.8 Å². The maximum absolute atomic E-state index is 9.19. The van der Waals surface area contributed by atoms with Gasteiger partial charge in [0.05, 0.1) is 18.6 Å². The van der Waals surface area contributed by atoms with Crippen molar-refractivity contribution in [1.29, 1.82) is 5.26 Å². The number of thioether (sulfide) groups is 1. The van der Waals surface area contributed by atoms with E-state index in [2.05, 4.69) is 30.3 Å². The van der Waals surface area contributed by atoms with Gasteiger partial charge in [0.1, 0.15) is 0 Å². The highest BCUT2D eigenvalue weighted by Crippen LogP contribution is 2.40. The monoisotopic (exact) mass is 261 g/mol. The number of hydrogen-bond acceptors (Lipinski definition) is 3. The number of nitrogens with zero attached hydrogens (tertiary/aromatic N) is 1. The molecule has 0 aromatic heterocycles. The molecule has 2 nitrogen and oxygen atoms in total. The quantitative estimate of drug-likeness (QED) is 0.905. The van der Waals surface area contributed by atoms with E-state index in [9.17, 15) is 5.26 Å². The van der Waals surface area contributed by atoms with Crippen LogP contribution in [0.5, 0.6) is 0 Å². The molecule has 1 fully saturated rings. The van der Waals surface area contributed by atoms with Crippen molar-refractivity contribution in [3.63, 3.8) is 0 Å². The van der Waals surface area contributed by atoms with Gasteiger partial charge in [0.25, 0.3) is 0 Å². The van der Waals surface area contributed by atoms with Crippen LogP contribution in [0.2, 0.25) is 0 Å². The van der Waals surface area contributed by atoms with Gasteiger partial charge in [-0.05, 0) is 30.7 Å². The van der Waals surface area contributed by atoms with Crippen LogP contribution in [0.3, 0.4) is 0 Å². The van der Waals surface area contributed by atoms with E-state index in [1.807, 2.05) is 6.07 Å². The Balaban J connectivity index is 2.02. The Morgan fingerprint density at radius 1 is 1.28 bits per heavy atom. The van der Waals surface area contributed by atoms with Gasteiger partial charge >= 0.3 is 0 Å². The molecular weight excluding hydrogens is 242 g/mol. The zero-order chi connectivity index (χ0) is 12.8. The van der Waals surface area contributed by atoms with E-state index in [0.29, 0.717) is 11.2 Å². The van der Waals surface area contributed by atoms with Gasteiger partial charge in [-0.15, -0.1) is 0 Å². The largest absolute Gasteiger partial charge is 0.396 e. The lowest BCUT2D eigenvalue weighted by Gasteiger charge is -2.32. The summed E-state index contributed by atoms with van der Waals surface area (Å²) in [5.41, 5.74) is 1.39. The molecule has 2 rings (SSSR count). The Labute approximate surface area is 113 Å². The second-order valence-electron chi connectivity index (χ2n) is 4.79. The summed E-state index contributed by atoms with van der Waals surface area (Å²) in [6.45, 7) is 0.204. The molecule has 1 aromatic carbocycles. The molecule has 1 N–H and O–H groups in total. The lowest BCUT2D eigenvalue weighted by atomic mass is 9.79. The van der Waals surface area contributed by atoms with E-state index in [-0.39, 0.29) is 12.5 Å². The minimum absolute atomic E-state index is 0.154. The van der Waals surface area contributed by atoms with Crippen molar-refractivity contribution in [2.45, 2.75) is 30.4 Å². The van der Waals surface area contributed by atoms with Crippen LogP contribution in [-0.4, -0.2) is 22.7 Å². The van der Waals surface area contributed by atoms with E-state index in [1.165, 1.54) is 5.56 Å². The predicted molar refractivity (Wildman–Crippen MR) is 75.5 cm³/mol. The molecule has 96 valence electrons. The summed E-state index contributed by atoms with van der Waals surface area (Å²) in [5, 5.41) is 18.5. The van der Waals surface area contributed by atoms with Crippen molar-refractivity contribution in [2.24, 2.45) is 5.92 Å². The van der Waals surface area contributed by atoms with Crippen molar-refractivity contribution >= 4 is 11.8 Å². The fourth-order valence-corrected chi connectivity index (χ4v) is 3.90. The zero-order valence-electron chi connectivity index (χ0n) is 10.5. The highest BCUT2D eigenvalue weighted by Gasteiger charge is 2.31. The van der Waals surface area contributed by atoms with Gasteiger partial charge in [-0.3, -0.25) is 0 Å². The third kappa shape index (κ3) is 3.28. The first-order valence-electron chi connectivity index (χ1n) is 6.52. The van der Waals surface area contributed by atoms with Crippen molar-refractivity contribution in [3.05, 3.63) is 35.9 Å². The van der Waals surface area contributed by atoms with Gasteiger partial charge in [-0.2, -0.15) is 17.0 Å². The molecule has 0 radical (unpaired) electrons. The van der Waals surface area contributed by atoms with E-state index < -0.39 is 0 Å². The zero-order valence-corrected chi connectivity index (χ0v) is 11.3. The van der Waals surface area contributed by atoms with Crippen molar-refractivity contribution in [3.8, 4) is 6.07 Å². The van der Waals surface area contributed by atoms with Crippen molar-refractivity contribution in [2.75, 3.05) is 12.4 Å². The van der Waals surface area contributed by atoms with Gasteiger partial charge in [0.2, 0.25) is 0 Å². The second kappa shape index (κ2) is 6.82. The van der Waals surface area contributed by atoms with Crippen LogP contribution in [0.15, 0.2) is 30.3 Å². The van der Waals surface area contributed by atoms with Gasteiger partial charge in [-0.1, -0.05) is 30.3 Å². The van der Waals surface area contributed by atoms with Crippen LogP contribution in [0.4, 0.5) is 0 Å². The summed E-state index contributed by atoms with van der Waals surface area (Å²) < 4.78 is 0. The van der Waals surface area contributed by atoms with Gasteiger partial charge < -0.3 is 5.11 Å². The van der Waals surface area contributed by atoms with Gasteiger partial charge in [-0.25, -0.2) is 0 Å². The molecule has 0 bridgehead atoms. The summed E-state index contributed by atoms with van der Waals surface area (Å²) in [5.74, 6) is 1.47. The lowest BCUT2D eigenvalue weighted by Crippen LogP contribution is -2.26. The average Bonchev–Trinajstić information content (AvgIpc) is 2.45. The fourth-order valence-electron chi connectivity index (χ4n) is 2.69.